The van der Waals surface area contributed by atoms with Crippen molar-refractivity contribution in [1.29, 1.82) is 0 Å². The van der Waals surface area contributed by atoms with Gasteiger partial charge in [-0.3, -0.25) is 10.1 Å². The van der Waals surface area contributed by atoms with Crippen molar-refractivity contribution in [3.8, 4) is 0 Å². The topological polar surface area (TPSA) is 75.2 Å². The smallest absolute Gasteiger partial charge is 0.323 e. The minimum atomic E-state index is -0.424. The van der Waals surface area contributed by atoms with E-state index in [-0.39, 0.29) is 12.3 Å². The van der Waals surface area contributed by atoms with E-state index in [1.165, 1.54) is 11.1 Å². The maximum atomic E-state index is 11.2. The highest BCUT2D eigenvalue weighted by molar-refractivity contribution is 7.05. The molecule has 76 valence electrons. The Bertz CT molecular complexity index is 322. The van der Waals surface area contributed by atoms with E-state index >= 15 is 0 Å². The van der Waals surface area contributed by atoms with Crippen LogP contribution >= 0.6 is 11.5 Å². The summed E-state index contributed by atoms with van der Waals surface area (Å²) in [5.74, 6) is -0.352. The molecule has 3 amide bonds. The summed E-state index contributed by atoms with van der Waals surface area (Å²) >= 11 is 1.14. The van der Waals surface area contributed by atoms with Gasteiger partial charge in [0, 0.05) is 14.1 Å². The number of nitrogens with zero attached hydrogens (tertiary/aromatic N) is 3. The first-order valence-corrected chi connectivity index (χ1v) is 4.64. The standard InChI is InChI=1S/C7H10N4O2S/c1-11(2)7(13)9-6(12)3-5-4-8-10-14-5/h4H,3H2,1-2H3,(H,9,12,13). The summed E-state index contributed by atoms with van der Waals surface area (Å²) in [6.07, 6.45) is 1.64. The van der Waals surface area contributed by atoms with Crippen molar-refractivity contribution < 1.29 is 9.59 Å². The molecule has 0 atom stereocenters. The Kier molecular flexibility index (Phi) is 3.52. The Hall–Kier alpha value is -1.50. The van der Waals surface area contributed by atoms with Gasteiger partial charge in [-0.25, -0.2) is 4.79 Å². The summed E-state index contributed by atoms with van der Waals surface area (Å²) in [5.41, 5.74) is 0. The normalized spacial score (nSPS) is 9.57. The molecule has 0 bridgehead atoms. The van der Waals surface area contributed by atoms with Crippen molar-refractivity contribution in [3.05, 3.63) is 11.1 Å². The van der Waals surface area contributed by atoms with Crippen molar-refractivity contribution in [2.75, 3.05) is 14.1 Å². The van der Waals surface area contributed by atoms with E-state index in [9.17, 15) is 9.59 Å². The number of nitrogens with one attached hydrogen (secondary N) is 1. The minimum Gasteiger partial charge on any atom is -0.331 e. The Balaban J connectivity index is 2.41. The van der Waals surface area contributed by atoms with Crippen LogP contribution < -0.4 is 5.32 Å². The monoisotopic (exact) mass is 214 g/mol. The molecule has 1 heterocycles. The van der Waals surface area contributed by atoms with E-state index < -0.39 is 6.03 Å². The van der Waals surface area contributed by atoms with Gasteiger partial charge in [0.25, 0.3) is 0 Å². The molecule has 1 rings (SSSR count). The summed E-state index contributed by atoms with van der Waals surface area (Å²) in [7, 11) is 3.13. The van der Waals surface area contributed by atoms with Crippen LogP contribution in [-0.4, -0.2) is 40.5 Å². The molecule has 0 spiro atoms. The molecule has 1 aromatic heterocycles. The van der Waals surface area contributed by atoms with Crippen molar-refractivity contribution in [3.63, 3.8) is 0 Å². The fourth-order valence-corrected chi connectivity index (χ4v) is 1.19. The molecular formula is C7H10N4O2S. The number of imide groups is 1. The van der Waals surface area contributed by atoms with Crippen LogP contribution in [-0.2, 0) is 11.2 Å². The average molecular weight is 214 g/mol. The summed E-state index contributed by atoms with van der Waals surface area (Å²) in [6.45, 7) is 0. The van der Waals surface area contributed by atoms with Gasteiger partial charge < -0.3 is 4.90 Å². The zero-order valence-corrected chi connectivity index (χ0v) is 8.67. The minimum absolute atomic E-state index is 0.136. The van der Waals surface area contributed by atoms with E-state index in [0.717, 1.165) is 16.4 Å². The zero-order chi connectivity index (χ0) is 10.6. The molecule has 0 aromatic carbocycles. The first kappa shape index (κ1) is 10.6. The molecule has 1 N–H and O–H groups in total. The number of carbonyl (C=O) groups is 2. The predicted octanol–water partition coefficient (Wildman–Crippen LogP) is -0.122. The molecule has 7 heteroatoms. The maximum absolute atomic E-state index is 11.2. The quantitative estimate of drug-likeness (QED) is 0.744. The SMILES string of the molecule is CN(C)C(=O)NC(=O)Cc1cnns1. The van der Waals surface area contributed by atoms with Gasteiger partial charge in [0.05, 0.1) is 17.5 Å². The summed E-state index contributed by atoms with van der Waals surface area (Å²) in [6, 6.07) is -0.424. The largest absolute Gasteiger partial charge is 0.331 e. The Morgan fingerprint density at radius 1 is 1.57 bits per heavy atom. The van der Waals surface area contributed by atoms with Crippen molar-refractivity contribution in [2.45, 2.75) is 6.42 Å². The van der Waals surface area contributed by atoms with Crippen LogP contribution in [0, 0.1) is 0 Å². The van der Waals surface area contributed by atoms with E-state index in [4.69, 9.17) is 0 Å². The average Bonchev–Trinajstić information content (AvgIpc) is 2.56. The second-order valence-electron chi connectivity index (χ2n) is 2.81. The summed E-state index contributed by atoms with van der Waals surface area (Å²) < 4.78 is 3.61. The van der Waals surface area contributed by atoms with Gasteiger partial charge in [0.2, 0.25) is 5.91 Å². The summed E-state index contributed by atoms with van der Waals surface area (Å²) in [5, 5.41) is 5.80. The van der Waals surface area contributed by atoms with Crippen LogP contribution in [0.25, 0.3) is 0 Å². The van der Waals surface area contributed by atoms with Crippen LogP contribution in [0.4, 0.5) is 4.79 Å². The number of aromatic nitrogens is 2. The van der Waals surface area contributed by atoms with Gasteiger partial charge in [0.15, 0.2) is 0 Å². The van der Waals surface area contributed by atoms with E-state index in [1.807, 2.05) is 0 Å². The molecular weight excluding hydrogens is 204 g/mol. The third-order valence-corrected chi connectivity index (χ3v) is 2.05. The number of amides is 3. The molecule has 0 aliphatic heterocycles. The Labute approximate surface area is 85.1 Å². The number of urea groups is 1. The van der Waals surface area contributed by atoms with Crippen LogP contribution in [0.2, 0.25) is 0 Å². The lowest BCUT2D eigenvalue weighted by Gasteiger charge is -2.09. The van der Waals surface area contributed by atoms with Gasteiger partial charge in [-0.1, -0.05) is 4.49 Å². The fraction of sp³-hybridized carbons (Fsp3) is 0.429. The van der Waals surface area contributed by atoms with Gasteiger partial charge >= 0.3 is 6.03 Å². The second-order valence-corrected chi connectivity index (χ2v) is 3.68. The van der Waals surface area contributed by atoms with E-state index in [1.54, 1.807) is 14.1 Å². The van der Waals surface area contributed by atoms with Gasteiger partial charge in [-0.2, -0.15) is 0 Å². The lowest BCUT2D eigenvalue weighted by Crippen LogP contribution is -2.39. The van der Waals surface area contributed by atoms with Crippen LogP contribution in [0.5, 0.6) is 0 Å². The number of hydrogen-bond donors (Lipinski definition) is 1. The second kappa shape index (κ2) is 4.66. The van der Waals surface area contributed by atoms with Crippen molar-refractivity contribution >= 4 is 23.5 Å². The van der Waals surface area contributed by atoms with Gasteiger partial charge in [-0.05, 0) is 11.5 Å². The predicted molar refractivity (Wildman–Crippen MR) is 50.8 cm³/mol. The number of carbonyl (C=O) groups excluding carboxylic acids is 2. The third kappa shape index (κ3) is 3.09. The fourth-order valence-electron chi connectivity index (χ4n) is 0.699. The van der Waals surface area contributed by atoms with E-state index in [2.05, 4.69) is 14.9 Å². The molecule has 0 aliphatic rings. The first-order valence-electron chi connectivity index (χ1n) is 3.87. The van der Waals surface area contributed by atoms with Crippen LogP contribution in [0.15, 0.2) is 6.20 Å². The maximum Gasteiger partial charge on any atom is 0.323 e. The van der Waals surface area contributed by atoms with Gasteiger partial charge in [0.1, 0.15) is 0 Å². The molecule has 0 radical (unpaired) electrons. The summed E-state index contributed by atoms with van der Waals surface area (Å²) in [4.78, 5) is 24.3. The van der Waals surface area contributed by atoms with Crippen molar-refractivity contribution in [1.82, 2.24) is 19.8 Å². The highest BCUT2D eigenvalue weighted by Gasteiger charge is 2.10. The first-order chi connectivity index (χ1) is 6.59. The molecule has 0 saturated heterocycles. The molecule has 1 aromatic rings. The highest BCUT2D eigenvalue weighted by Crippen LogP contribution is 2.02. The highest BCUT2D eigenvalue weighted by atomic mass is 32.1. The molecule has 0 aliphatic carbocycles. The lowest BCUT2D eigenvalue weighted by atomic mass is 10.3. The van der Waals surface area contributed by atoms with Crippen LogP contribution in [0.3, 0.4) is 0 Å². The zero-order valence-electron chi connectivity index (χ0n) is 7.85. The Morgan fingerprint density at radius 2 is 2.29 bits per heavy atom. The third-order valence-electron chi connectivity index (χ3n) is 1.39. The molecule has 6 nitrogen and oxygen atoms in total. The lowest BCUT2D eigenvalue weighted by molar-refractivity contribution is -0.119. The molecule has 0 saturated carbocycles. The van der Waals surface area contributed by atoms with E-state index in [0.29, 0.717) is 0 Å². The number of hydrogen-bond acceptors (Lipinski definition) is 5. The number of rotatable bonds is 2. The molecule has 0 unspecified atom stereocenters. The van der Waals surface area contributed by atoms with Crippen LogP contribution in [0.1, 0.15) is 4.88 Å². The van der Waals surface area contributed by atoms with Gasteiger partial charge in [-0.15, -0.1) is 5.10 Å². The van der Waals surface area contributed by atoms with Crippen molar-refractivity contribution in [2.24, 2.45) is 0 Å². The Morgan fingerprint density at radius 3 is 2.79 bits per heavy atom. The molecule has 0 fully saturated rings. The molecule has 14 heavy (non-hydrogen) atoms.